The Morgan fingerprint density at radius 2 is 2.22 bits per heavy atom. The smallest absolute Gasteiger partial charge is 0.258 e. The van der Waals surface area contributed by atoms with Crippen LogP contribution in [0.15, 0.2) is 23.4 Å². The zero-order valence-corrected chi connectivity index (χ0v) is 11.9. The number of aryl methyl sites for hydroxylation is 1. The van der Waals surface area contributed by atoms with Crippen molar-refractivity contribution in [2.24, 2.45) is 0 Å². The molecule has 2 heterocycles. The zero-order chi connectivity index (χ0) is 12.3. The molecule has 0 spiro atoms. The number of nitrogens with one attached hydrogen (secondary N) is 2. The highest BCUT2D eigenvalue weighted by molar-refractivity contribution is 7.89. The van der Waals surface area contributed by atoms with Crippen LogP contribution in [0.4, 0.5) is 0 Å². The van der Waals surface area contributed by atoms with Crippen molar-refractivity contribution in [3.8, 4) is 0 Å². The van der Waals surface area contributed by atoms with E-state index in [1.54, 1.807) is 12.3 Å². The SMILES string of the molecule is Cc1ccc(S(=O)(=O)NC2CCCNC2)nc1.Cl. The van der Waals surface area contributed by atoms with E-state index in [0.717, 1.165) is 24.9 Å². The van der Waals surface area contributed by atoms with Crippen molar-refractivity contribution in [3.05, 3.63) is 23.9 Å². The Balaban J connectivity index is 0.00000162. The minimum absolute atomic E-state index is 0. The second kappa shape index (κ2) is 6.47. The monoisotopic (exact) mass is 291 g/mol. The molecule has 1 aromatic rings. The Labute approximate surface area is 114 Å². The quantitative estimate of drug-likeness (QED) is 0.866. The summed E-state index contributed by atoms with van der Waals surface area (Å²) in [5.41, 5.74) is 0.947. The third-order valence-electron chi connectivity index (χ3n) is 2.78. The van der Waals surface area contributed by atoms with Crippen molar-refractivity contribution < 1.29 is 8.42 Å². The minimum atomic E-state index is -3.48. The molecular formula is C11H18ClN3O2S. The Hall–Kier alpha value is -0.690. The van der Waals surface area contributed by atoms with Crippen molar-refractivity contribution in [1.82, 2.24) is 15.0 Å². The van der Waals surface area contributed by atoms with Crippen LogP contribution in [0, 0.1) is 6.92 Å². The van der Waals surface area contributed by atoms with E-state index in [1.807, 2.05) is 6.92 Å². The van der Waals surface area contributed by atoms with Crippen LogP contribution in [0.5, 0.6) is 0 Å². The molecule has 7 heteroatoms. The van der Waals surface area contributed by atoms with Crippen LogP contribution in [-0.4, -0.2) is 32.5 Å². The van der Waals surface area contributed by atoms with Gasteiger partial charge in [0.05, 0.1) is 0 Å². The van der Waals surface area contributed by atoms with E-state index in [-0.39, 0.29) is 23.5 Å². The van der Waals surface area contributed by atoms with Crippen molar-refractivity contribution in [1.29, 1.82) is 0 Å². The molecular weight excluding hydrogens is 274 g/mol. The predicted molar refractivity (Wildman–Crippen MR) is 72.4 cm³/mol. The number of hydrogen-bond donors (Lipinski definition) is 2. The molecule has 1 unspecified atom stereocenters. The van der Waals surface area contributed by atoms with Gasteiger partial charge < -0.3 is 5.32 Å². The van der Waals surface area contributed by atoms with Gasteiger partial charge in [0.25, 0.3) is 10.0 Å². The molecule has 1 saturated heterocycles. The fraction of sp³-hybridized carbons (Fsp3) is 0.545. The van der Waals surface area contributed by atoms with Gasteiger partial charge in [0.1, 0.15) is 0 Å². The molecule has 18 heavy (non-hydrogen) atoms. The molecule has 2 N–H and O–H groups in total. The van der Waals surface area contributed by atoms with Crippen LogP contribution >= 0.6 is 12.4 Å². The first-order valence-electron chi connectivity index (χ1n) is 5.74. The highest BCUT2D eigenvalue weighted by atomic mass is 35.5. The van der Waals surface area contributed by atoms with E-state index in [1.165, 1.54) is 6.07 Å². The largest absolute Gasteiger partial charge is 0.315 e. The van der Waals surface area contributed by atoms with Gasteiger partial charge in [-0.25, -0.2) is 18.1 Å². The van der Waals surface area contributed by atoms with Gasteiger partial charge in [-0.15, -0.1) is 12.4 Å². The first-order valence-corrected chi connectivity index (χ1v) is 7.22. The van der Waals surface area contributed by atoms with Crippen LogP contribution < -0.4 is 10.0 Å². The average Bonchev–Trinajstić information content (AvgIpc) is 2.30. The summed E-state index contributed by atoms with van der Waals surface area (Å²) in [5, 5.41) is 3.26. The molecule has 1 atom stereocenters. The van der Waals surface area contributed by atoms with Gasteiger partial charge in [0.2, 0.25) is 0 Å². The van der Waals surface area contributed by atoms with Crippen molar-refractivity contribution in [2.75, 3.05) is 13.1 Å². The number of hydrogen-bond acceptors (Lipinski definition) is 4. The van der Waals surface area contributed by atoms with E-state index in [9.17, 15) is 8.42 Å². The molecule has 0 radical (unpaired) electrons. The number of halogens is 1. The fourth-order valence-corrected chi connectivity index (χ4v) is 3.04. The standard InChI is InChI=1S/C11H17N3O2S.ClH/c1-9-4-5-11(13-7-9)17(15,16)14-10-3-2-6-12-8-10;/h4-5,7,10,12,14H,2-3,6,8H2,1H3;1H. The van der Waals surface area contributed by atoms with Crippen molar-refractivity contribution in [2.45, 2.75) is 30.8 Å². The summed E-state index contributed by atoms with van der Waals surface area (Å²) in [6.07, 6.45) is 3.43. The lowest BCUT2D eigenvalue weighted by atomic mass is 10.1. The molecule has 1 aliphatic heterocycles. The highest BCUT2D eigenvalue weighted by Gasteiger charge is 2.22. The lowest BCUT2D eigenvalue weighted by Gasteiger charge is -2.23. The van der Waals surface area contributed by atoms with E-state index in [4.69, 9.17) is 0 Å². The van der Waals surface area contributed by atoms with Gasteiger partial charge in [0, 0.05) is 18.8 Å². The van der Waals surface area contributed by atoms with Crippen LogP contribution in [0.1, 0.15) is 18.4 Å². The number of piperidine rings is 1. The summed E-state index contributed by atoms with van der Waals surface area (Å²) >= 11 is 0. The number of rotatable bonds is 3. The van der Waals surface area contributed by atoms with Gasteiger partial charge >= 0.3 is 0 Å². The topological polar surface area (TPSA) is 71.1 Å². The summed E-state index contributed by atoms with van der Waals surface area (Å²) in [4.78, 5) is 3.94. The molecule has 1 aromatic heterocycles. The van der Waals surface area contributed by atoms with Crippen LogP contribution in [0.3, 0.4) is 0 Å². The Bertz CT molecular complexity index is 470. The highest BCUT2D eigenvalue weighted by Crippen LogP contribution is 2.09. The Morgan fingerprint density at radius 3 is 2.78 bits per heavy atom. The van der Waals surface area contributed by atoms with E-state index in [2.05, 4.69) is 15.0 Å². The molecule has 2 rings (SSSR count). The van der Waals surface area contributed by atoms with Gasteiger partial charge in [-0.05, 0) is 37.9 Å². The maximum Gasteiger partial charge on any atom is 0.258 e. The summed E-state index contributed by atoms with van der Waals surface area (Å²) in [7, 11) is -3.48. The minimum Gasteiger partial charge on any atom is -0.315 e. The number of aromatic nitrogens is 1. The van der Waals surface area contributed by atoms with Gasteiger partial charge in [0.15, 0.2) is 5.03 Å². The van der Waals surface area contributed by atoms with Gasteiger partial charge in [-0.2, -0.15) is 0 Å². The molecule has 0 aromatic carbocycles. The summed E-state index contributed by atoms with van der Waals surface area (Å²) in [6.45, 7) is 3.52. The molecule has 5 nitrogen and oxygen atoms in total. The number of pyridine rings is 1. The third kappa shape index (κ3) is 3.91. The molecule has 1 fully saturated rings. The van der Waals surface area contributed by atoms with Crippen LogP contribution in [0.2, 0.25) is 0 Å². The molecule has 1 aliphatic rings. The fourth-order valence-electron chi connectivity index (χ4n) is 1.85. The maximum atomic E-state index is 12.0. The number of sulfonamides is 1. The predicted octanol–water partition coefficient (Wildman–Crippen LogP) is 0.842. The Kier molecular flexibility index (Phi) is 5.52. The summed E-state index contributed by atoms with van der Waals surface area (Å²) in [6, 6.07) is 3.26. The molecule has 0 bridgehead atoms. The summed E-state index contributed by atoms with van der Waals surface area (Å²) < 4.78 is 26.7. The normalized spacial score (nSPS) is 20.2. The zero-order valence-electron chi connectivity index (χ0n) is 10.2. The van der Waals surface area contributed by atoms with Gasteiger partial charge in [-0.3, -0.25) is 0 Å². The third-order valence-corrected chi connectivity index (χ3v) is 4.21. The Morgan fingerprint density at radius 1 is 1.44 bits per heavy atom. The molecule has 102 valence electrons. The number of nitrogens with zero attached hydrogens (tertiary/aromatic N) is 1. The first kappa shape index (κ1) is 15.4. The lowest BCUT2D eigenvalue weighted by Crippen LogP contribution is -2.45. The average molecular weight is 292 g/mol. The first-order chi connectivity index (χ1) is 8.08. The van der Waals surface area contributed by atoms with E-state index < -0.39 is 10.0 Å². The van der Waals surface area contributed by atoms with Crippen LogP contribution in [-0.2, 0) is 10.0 Å². The second-order valence-corrected chi connectivity index (χ2v) is 6.00. The van der Waals surface area contributed by atoms with Crippen molar-refractivity contribution >= 4 is 22.4 Å². The molecule has 0 amide bonds. The van der Waals surface area contributed by atoms with E-state index in [0.29, 0.717) is 6.54 Å². The lowest BCUT2D eigenvalue weighted by molar-refractivity contribution is 0.428. The van der Waals surface area contributed by atoms with Crippen molar-refractivity contribution in [3.63, 3.8) is 0 Å². The summed E-state index contributed by atoms with van der Waals surface area (Å²) in [5.74, 6) is 0. The van der Waals surface area contributed by atoms with E-state index >= 15 is 0 Å². The molecule has 0 aliphatic carbocycles. The van der Waals surface area contributed by atoms with Gasteiger partial charge in [-0.1, -0.05) is 6.07 Å². The maximum absolute atomic E-state index is 12.0. The second-order valence-electron chi connectivity index (χ2n) is 4.34. The molecule has 0 saturated carbocycles. The van der Waals surface area contributed by atoms with Crippen LogP contribution in [0.25, 0.3) is 0 Å².